The zero-order valence-corrected chi connectivity index (χ0v) is 11.6. The molecular formula is C15H22N2O2. The zero-order chi connectivity index (χ0) is 13.9. The van der Waals surface area contributed by atoms with E-state index in [1.54, 1.807) is 24.5 Å². The monoisotopic (exact) mass is 262 g/mol. The van der Waals surface area contributed by atoms with Gasteiger partial charge >= 0.3 is 0 Å². The lowest BCUT2D eigenvalue weighted by Gasteiger charge is -2.40. The molecule has 2 rings (SSSR count). The molecule has 1 aliphatic rings. The molecule has 0 aliphatic heterocycles. The fraction of sp³-hybridized carbons (Fsp3) is 0.600. The van der Waals surface area contributed by atoms with Crippen LogP contribution in [-0.4, -0.2) is 28.1 Å². The molecule has 4 nitrogen and oxygen atoms in total. The van der Waals surface area contributed by atoms with Gasteiger partial charge < -0.3 is 10.4 Å². The standard InChI is InChI=1S/C15H22N2O2/c1-14(2)5-7-15(19,8-6-14)11-17-13(18)12-3-9-16-10-4-12/h3-4,9-10,19H,5-8,11H2,1-2H3,(H,17,18). The summed E-state index contributed by atoms with van der Waals surface area (Å²) >= 11 is 0. The molecule has 1 heterocycles. The number of nitrogens with zero attached hydrogens (tertiary/aromatic N) is 1. The molecule has 1 amide bonds. The van der Waals surface area contributed by atoms with Crippen molar-refractivity contribution in [1.82, 2.24) is 10.3 Å². The van der Waals surface area contributed by atoms with E-state index in [0.717, 1.165) is 25.7 Å². The summed E-state index contributed by atoms with van der Waals surface area (Å²) < 4.78 is 0. The third-order valence-electron chi connectivity index (χ3n) is 4.05. The van der Waals surface area contributed by atoms with Gasteiger partial charge in [0.2, 0.25) is 0 Å². The number of hydrogen-bond acceptors (Lipinski definition) is 3. The van der Waals surface area contributed by atoms with E-state index in [1.807, 2.05) is 0 Å². The van der Waals surface area contributed by atoms with E-state index in [1.165, 1.54) is 0 Å². The fourth-order valence-electron chi connectivity index (χ4n) is 2.42. The SMILES string of the molecule is CC1(C)CCC(O)(CNC(=O)c2ccncc2)CC1. The zero-order valence-electron chi connectivity index (χ0n) is 11.6. The first-order chi connectivity index (χ1) is 8.90. The van der Waals surface area contributed by atoms with Gasteiger partial charge in [-0.3, -0.25) is 9.78 Å². The van der Waals surface area contributed by atoms with Crippen molar-refractivity contribution in [3.63, 3.8) is 0 Å². The molecule has 104 valence electrons. The minimum absolute atomic E-state index is 0.152. The first kappa shape index (κ1) is 14.0. The summed E-state index contributed by atoms with van der Waals surface area (Å²) in [7, 11) is 0. The van der Waals surface area contributed by atoms with E-state index in [9.17, 15) is 9.90 Å². The van der Waals surface area contributed by atoms with Crippen LogP contribution >= 0.6 is 0 Å². The Morgan fingerprint density at radius 1 is 1.26 bits per heavy atom. The van der Waals surface area contributed by atoms with Gasteiger partial charge in [-0.05, 0) is 43.2 Å². The summed E-state index contributed by atoms with van der Waals surface area (Å²) in [5.41, 5.74) is 0.134. The van der Waals surface area contributed by atoms with E-state index >= 15 is 0 Å². The van der Waals surface area contributed by atoms with Crippen molar-refractivity contribution >= 4 is 5.91 Å². The Bertz CT molecular complexity index is 433. The lowest BCUT2D eigenvalue weighted by atomic mass is 9.71. The van der Waals surface area contributed by atoms with Crippen LogP contribution in [0.3, 0.4) is 0 Å². The quantitative estimate of drug-likeness (QED) is 0.877. The summed E-state index contributed by atoms with van der Waals surface area (Å²) in [4.78, 5) is 15.8. The van der Waals surface area contributed by atoms with Gasteiger partial charge in [0, 0.05) is 24.5 Å². The van der Waals surface area contributed by atoms with Gasteiger partial charge in [-0.25, -0.2) is 0 Å². The van der Waals surface area contributed by atoms with E-state index in [0.29, 0.717) is 17.5 Å². The van der Waals surface area contributed by atoms with E-state index in [4.69, 9.17) is 0 Å². The molecule has 1 aliphatic carbocycles. The number of pyridine rings is 1. The first-order valence-corrected chi connectivity index (χ1v) is 6.81. The lowest BCUT2D eigenvalue weighted by Crippen LogP contribution is -2.46. The van der Waals surface area contributed by atoms with Crippen molar-refractivity contribution in [2.75, 3.05) is 6.54 Å². The second-order valence-corrected chi connectivity index (χ2v) is 6.31. The third-order valence-corrected chi connectivity index (χ3v) is 4.05. The fourth-order valence-corrected chi connectivity index (χ4v) is 2.42. The predicted octanol–water partition coefficient (Wildman–Crippen LogP) is 2.14. The van der Waals surface area contributed by atoms with Crippen LogP contribution in [0.5, 0.6) is 0 Å². The maximum absolute atomic E-state index is 11.9. The van der Waals surface area contributed by atoms with Crippen LogP contribution in [0.15, 0.2) is 24.5 Å². The highest BCUT2D eigenvalue weighted by atomic mass is 16.3. The lowest BCUT2D eigenvalue weighted by molar-refractivity contribution is -0.0233. The highest BCUT2D eigenvalue weighted by molar-refractivity contribution is 5.93. The van der Waals surface area contributed by atoms with Crippen molar-refractivity contribution in [2.24, 2.45) is 5.41 Å². The van der Waals surface area contributed by atoms with E-state index in [-0.39, 0.29) is 5.91 Å². The van der Waals surface area contributed by atoms with Crippen molar-refractivity contribution in [3.05, 3.63) is 30.1 Å². The molecule has 1 fully saturated rings. The minimum Gasteiger partial charge on any atom is -0.388 e. The Balaban J connectivity index is 1.87. The predicted molar refractivity (Wildman–Crippen MR) is 73.8 cm³/mol. The maximum Gasteiger partial charge on any atom is 0.251 e. The molecular weight excluding hydrogens is 240 g/mol. The number of aliphatic hydroxyl groups is 1. The molecule has 1 aromatic heterocycles. The highest BCUT2D eigenvalue weighted by Gasteiger charge is 2.36. The largest absolute Gasteiger partial charge is 0.388 e. The summed E-state index contributed by atoms with van der Waals surface area (Å²) in [6.45, 7) is 4.77. The molecule has 0 spiro atoms. The van der Waals surface area contributed by atoms with Gasteiger partial charge in [-0.1, -0.05) is 13.8 Å². The van der Waals surface area contributed by atoms with Gasteiger partial charge in [0.1, 0.15) is 0 Å². The first-order valence-electron chi connectivity index (χ1n) is 6.81. The van der Waals surface area contributed by atoms with Crippen molar-refractivity contribution in [2.45, 2.75) is 45.1 Å². The summed E-state index contributed by atoms with van der Waals surface area (Å²) in [6.07, 6.45) is 6.66. The number of amides is 1. The molecule has 0 bridgehead atoms. The van der Waals surface area contributed by atoms with Gasteiger partial charge in [0.05, 0.1) is 5.60 Å². The van der Waals surface area contributed by atoms with Gasteiger partial charge in [0.25, 0.3) is 5.91 Å². The Labute approximate surface area is 114 Å². The van der Waals surface area contributed by atoms with Crippen LogP contribution in [-0.2, 0) is 0 Å². The number of rotatable bonds is 3. The van der Waals surface area contributed by atoms with Crippen LogP contribution in [0.2, 0.25) is 0 Å². The number of nitrogens with one attached hydrogen (secondary N) is 1. The molecule has 1 saturated carbocycles. The minimum atomic E-state index is -0.752. The van der Waals surface area contributed by atoms with Crippen LogP contribution in [0, 0.1) is 5.41 Å². The second-order valence-electron chi connectivity index (χ2n) is 6.31. The van der Waals surface area contributed by atoms with Gasteiger partial charge in [-0.2, -0.15) is 0 Å². The van der Waals surface area contributed by atoms with Crippen molar-refractivity contribution in [1.29, 1.82) is 0 Å². The number of carbonyl (C=O) groups is 1. The average Bonchev–Trinajstić information content (AvgIpc) is 2.41. The second kappa shape index (κ2) is 5.29. The topological polar surface area (TPSA) is 62.2 Å². The number of aromatic nitrogens is 1. The molecule has 0 unspecified atom stereocenters. The molecule has 0 saturated heterocycles. The summed E-state index contributed by atoms with van der Waals surface area (Å²) in [6, 6.07) is 3.34. The number of hydrogen-bond donors (Lipinski definition) is 2. The van der Waals surface area contributed by atoms with Crippen LogP contribution < -0.4 is 5.32 Å². The molecule has 0 atom stereocenters. The Hall–Kier alpha value is -1.42. The smallest absolute Gasteiger partial charge is 0.251 e. The van der Waals surface area contributed by atoms with Gasteiger partial charge in [0.15, 0.2) is 0 Å². The Kier molecular flexibility index (Phi) is 3.90. The van der Waals surface area contributed by atoms with E-state index < -0.39 is 5.60 Å². The molecule has 0 aromatic carbocycles. The van der Waals surface area contributed by atoms with Crippen LogP contribution in [0.25, 0.3) is 0 Å². The summed E-state index contributed by atoms with van der Waals surface area (Å²) in [5, 5.41) is 13.3. The molecule has 19 heavy (non-hydrogen) atoms. The van der Waals surface area contributed by atoms with Crippen molar-refractivity contribution < 1.29 is 9.90 Å². The van der Waals surface area contributed by atoms with E-state index in [2.05, 4.69) is 24.1 Å². The number of carbonyl (C=O) groups excluding carboxylic acids is 1. The highest BCUT2D eigenvalue weighted by Crippen LogP contribution is 2.39. The molecule has 4 heteroatoms. The van der Waals surface area contributed by atoms with Gasteiger partial charge in [-0.15, -0.1) is 0 Å². The summed E-state index contributed by atoms with van der Waals surface area (Å²) in [5.74, 6) is -0.152. The normalized spacial score (nSPS) is 20.8. The van der Waals surface area contributed by atoms with Crippen molar-refractivity contribution in [3.8, 4) is 0 Å². The molecule has 2 N–H and O–H groups in total. The molecule has 1 aromatic rings. The average molecular weight is 262 g/mol. The molecule has 0 radical (unpaired) electrons. The van der Waals surface area contributed by atoms with Crippen LogP contribution in [0.1, 0.15) is 49.9 Å². The van der Waals surface area contributed by atoms with Crippen LogP contribution in [0.4, 0.5) is 0 Å². The Morgan fingerprint density at radius 3 is 2.42 bits per heavy atom. The third kappa shape index (κ3) is 3.77. The Morgan fingerprint density at radius 2 is 1.84 bits per heavy atom. The maximum atomic E-state index is 11.9.